The minimum Gasteiger partial charge on any atom is -0.377 e. The van der Waals surface area contributed by atoms with Crippen molar-refractivity contribution in [3.05, 3.63) is 0 Å². The van der Waals surface area contributed by atoms with Gasteiger partial charge in [-0.2, -0.15) is 0 Å². The highest BCUT2D eigenvalue weighted by Crippen LogP contribution is 2.43. The monoisotopic (exact) mass is 378 g/mol. The molecule has 0 aromatic heterocycles. The molecule has 0 aromatic carbocycles. The molecule has 2 unspecified atom stereocenters. The normalized spacial score (nSPS) is 16.4. The minimum atomic E-state index is -2.40. The Morgan fingerprint density at radius 1 is 0.826 bits per heavy atom. The van der Waals surface area contributed by atoms with E-state index in [1.807, 2.05) is 0 Å². The molecule has 0 bridgehead atoms. The first-order valence-electron chi connectivity index (χ1n) is 9.18. The highest BCUT2D eigenvalue weighted by Gasteiger charge is 2.44. The number of rotatable bonds is 12. The Morgan fingerprint density at radius 3 is 1.70 bits per heavy atom. The summed E-state index contributed by atoms with van der Waals surface area (Å²) in [6.45, 7) is 17.8. The molecule has 0 radical (unpaired) electrons. The molecule has 0 rings (SSSR count). The average Bonchev–Trinajstić information content (AvgIpc) is 2.51. The number of hydrogen-bond donors (Lipinski definition) is 0. The largest absolute Gasteiger partial charge is 0.500 e. The minimum absolute atomic E-state index is 0.916. The van der Waals surface area contributed by atoms with Gasteiger partial charge in [0.2, 0.25) is 0 Å². The fourth-order valence-corrected chi connectivity index (χ4v) is 18.6. The Bertz CT molecular complexity index is 323. The van der Waals surface area contributed by atoms with Crippen molar-refractivity contribution in [3.8, 4) is 0 Å². The van der Waals surface area contributed by atoms with E-state index in [4.69, 9.17) is 13.3 Å². The molecular formula is C17H42O3Si3. The smallest absolute Gasteiger partial charge is 0.377 e. The van der Waals surface area contributed by atoms with Gasteiger partial charge in [-0.1, -0.05) is 77.4 Å². The maximum atomic E-state index is 5.57. The summed E-state index contributed by atoms with van der Waals surface area (Å²) in [5.74, 6) is 0. The lowest BCUT2D eigenvalue weighted by molar-refractivity contribution is 0.123. The van der Waals surface area contributed by atoms with Gasteiger partial charge in [-0.05, 0) is 5.54 Å². The molecule has 0 N–H and O–H groups in total. The standard InChI is InChI=1S/C17H42O3Si3/c1-11-13-16(2)22(9,10)17(3)21(7,8)14-12-15-23(18-4,19-5)20-6/h16-17H,11-15H2,1-10H3. The predicted molar refractivity (Wildman–Crippen MR) is 110 cm³/mol. The van der Waals surface area contributed by atoms with Gasteiger partial charge in [0.15, 0.2) is 0 Å². The molecule has 0 saturated carbocycles. The summed E-state index contributed by atoms with van der Waals surface area (Å²) < 4.78 is 16.7. The van der Waals surface area contributed by atoms with Crippen LogP contribution in [-0.4, -0.2) is 46.3 Å². The molecule has 0 spiro atoms. The van der Waals surface area contributed by atoms with Crippen LogP contribution in [0.5, 0.6) is 0 Å². The van der Waals surface area contributed by atoms with E-state index in [0.717, 1.165) is 23.2 Å². The maximum Gasteiger partial charge on any atom is 0.500 e. The van der Waals surface area contributed by atoms with E-state index < -0.39 is 25.0 Å². The molecule has 0 heterocycles. The second-order valence-electron chi connectivity index (χ2n) is 8.37. The second kappa shape index (κ2) is 9.87. The van der Waals surface area contributed by atoms with Gasteiger partial charge in [0.05, 0.1) is 8.07 Å². The molecule has 0 aliphatic rings. The summed E-state index contributed by atoms with van der Waals surface area (Å²) in [4.78, 5) is 0. The van der Waals surface area contributed by atoms with Crippen LogP contribution in [0, 0.1) is 0 Å². The van der Waals surface area contributed by atoms with Crippen LogP contribution in [0.4, 0.5) is 0 Å². The predicted octanol–water partition coefficient (Wildman–Crippen LogP) is 5.79. The van der Waals surface area contributed by atoms with Gasteiger partial charge in [-0.25, -0.2) is 0 Å². The van der Waals surface area contributed by atoms with Crippen LogP contribution in [0.2, 0.25) is 49.0 Å². The van der Waals surface area contributed by atoms with Crippen LogP contribution in [0.15, 0.2) is 0 Å². The lowest BCUT2D eigenvalue weighted by atomic mass is 10.3. The van der Waals surface area contributed by atoms with E-state index in [0.29, 0.717) is 0 Å². The maximum absolute atomic E-state index is 5.57. The third-order valence-corrected chi connectivity index (χ3v) is 23.0. The van der Waals surface area contributed by atoms with Gasteiger partial charge in [-0.3, -0.25) is 0 Å². The Balaban J connectivity index is 4.79. The Morgan fingerprint density at radius 2 is 1.30 bits per heavy atom. The van der Waals surface area contributed by atoms with E-state index >= 15 is 0 Å². The van der Waals surface area contributed by atoms with Gasteiger partial charge < -0.3 is 13.3 Å². The first-order chi connectivity index (χ1) is 10.5. The summed E-state index contributed by atoms with van der Waals surface area (Å²) in [7, 11) is 0.284. The SMILES string of the molecule is CCCC(C)[Si](C)(C)C(C)[Si](C)(C)CCC[Si](OC)(OC)OC. The van der Waals surface area contributed by atoms with Gasteiger partial charge in [0, 0.05) is 35.4 Å². The van der Waals surface area contributed by atoms with Crippen LogP contribution >= 0.6 is 0 Å². The number of hydrogen-bond acceptors (Lipinski definition) is 3. The zero-order chi connectivity index (χ0) is 18.3. The van der Waals surface area contributed by atoms with E-state index in [1.54, 1.807) is 21.3 Å². The molecule has 0 fully saturated rings. The molecule has 0 aliphatic carbocycles. The van der Waals surface area contributed by atoms with Gasteiger partial charge >= 0.3 is 8.80 Å². The molecule has 2 atom stereocenters. The molecular weight excluding hydrogens is 336 g/mol. The molecule has 6 heteroatoms. The molecule has 0 aliphatic heterocycles. The lowest BCUT2D eigenvalue weighted by Gasteiger charge is -2.44. The van der Waals surface area contributed by atoms with Crippen molar-refractivity contribution in [1.82, 2.24) is 0 Å². The van der Waals surface area contributed by atoms with Crippen molar-refractivity contribution in [3.63, 3.8) is 0 Å². The third-order valence-electron chi connectivity index (χ3n) is 6.52. The van der Waals surface area contributed by atoms with Gasteiger partial charge in [0.1, 0.15) is 0 Å². The van der Waals surface area contributed by atoms with Crippen molar-refractivity contribution in [2.45, 2.75) is 89.0 Å². The van der Waals surface area contributed by atoms with Crippen molar-refractivity contribution in [2.75, 3.05) is 21.3 Å². The fraction of sp³-hybridized carbons (Fsp3) is 1.00. The summed E-state index contributed by atoms with van der Waals surface area (Å²) >= 11 is 0. The zero-order valence-corrected chi connectivity index (χ0v) is 20.4. The quantitative estimate of drug-likeness (QED) is 0.402. The topological polar surface area (TPSA) is 27.7 Å². The van der Waals surface area contributed by atoms with E-state index in [-0.39, 0.29) is 0 Å². The van der Waals surface area contributed by atoms with E-state index in [9.17, 15) is 0 Å². The fourth-order valence-electron chi connectivity index (χ4n) is 3.77. The Labute approximate surface area is 148 Å². The molecule has 0 saturated heterocycles. The van der Waals surface area contributed by atoms with E-state index in [1.165, 1.54) is 18.9 Å². The molecule has 0 aromatic rings. The van der Waals surface area contributed by atoms with Crippen molar-refractivity contribution in [1.29, 1.82) is 0 Å². The summed E-state index contributed by atoms with van der Waals surface area (Å²) in [5, 5.41) is 0.931. The van der Waals surface area contributed by atoms with Crippen molar-refractivity contribution >= 4 is 25.0 Å². The summed E-state index contributed by atoms with van der Waals surface area (Å²) in [6, 6.07) is 2.28. The zero-order valence-electron chi connectivity index (χ0n) is 17.4. The highest BCUT2D eigenvalue weighted by molar-refractivity contribution is 6.97. The van der Waals surface area contributed by atoms with Gasteiger partial charge in [-0.15, -0.1) is 0 Å². The van der Waals surface area contributed by atoms with Gasteiger partial charge in [0.25, 0.3) is 0 Å². The van der Waals surface area contributed by atoms with Crippen LogP contribution in [0.1, 0.15) is 40.0 Å². The summed E-state index contributed by atoms with van der Waals surface area (Å²) in [6.07, 6.45) is 3.87. The Hall–Kier alpha value is 0.531. The van der Waals surface area contributed by atoms with Crippen LogP contribution in [-0.2, 0) is 13.3 Å². The molecule has 140 valence electrons. The van der Waals surface area contributed by atoms with E-state index in [2.05, 4.69) is 47.0 Å². The first-order valence-corrected chi connectivity index (χ1v) is 17.6. The van der Waals surface area contributed by atoms with Crippen LogP contribution in [0.25, 0.3) is 0 Å². The van der Waals surface area contributed by atoms with Crippen molar-refractivity contribution < 1.29 is 13.3 Å². The third kappa shape index (κ3) is 6.40. The molecule has 0 amide bonds. The highest BCUT2D eigenvalue weighted by atomic mass is 28.4. The summed E-state index contributed by atoms with van der Waals surface area (Å²) in [5.41, 5.74) is 0.916. The first kappa shape index (κ1) is 23.5. The molecule has 3 nitrogen and oxygen atoms in total. The second-order valence-corrected chi connectivity index (χ2v) is 22.9. The Kier molecular flexibility index (Phi) is 10.1. The van der Waals surface area contributed by atoms with Crippen LogP contribution < -0.4 is 0 Å². The molecule has 23 heavy (non-hydrogen) atoms. The van der Waals surface area contributed by atoms with Crippen LogP contribution in [0.3, 0.4) is 0 Å². The lowest BCUT2D eigenvalue weighted by Crippen LogP contribution is -2.49. The average molecular weight is 379 g/mol. The van der Waals surface area contributed by atoms with Crippen molar-refractivity contribution in [2.24, 2.45) is 0 Å².